The Morgan fingerprint density at radius 1 is 1.25 bits per heavy atom. The van der Waals surface area contributed by atoms with Crippen LogP contribution in [0.3, 0.4) is 0 Å². The SMILES string of the molecule is CN(Cc1ccc(Cl)cc1)C(=O)c1cc(Br)ccc1F. The minimum atomic E-state index is -0.527. The van der Waals surface area contributed by atoms with Gasteiger partial charge in [0.05, 0.1) is 5.56 Å². The molecule has 0 aliphatic heterocycles. The van der Waals surface area contributed by atoms with Gasteiger partial charge in [-0.15, -0.1) is 0 Å². The van der Waals surface area contributed by atoms with Gasteiger partial charge in [-0.1, -0.05) is 39.7 Å². The molecular weight excluding hydrogens is 345 g/mol. The molecule has 0 aliphatic carbocycles. The Morgan fingerprint density at radius 2 is 1.90 bits per heavy atom. The van der Waals surface area contributed by atoms with Crippen molar-refractivity contribution in [3.8, 4) is 0 Å². The summed E-state index contributed by atoms with van der Waals surface area (Å²) in [5, 5.41) is 0.640. The average molecular weight is 357 g/mol. The summed E-state index contributed by atoms with van der Waals surface area (Å²) in [6.07, 6.45) is 0. The van der Waals surface area contributed by atoms with E-state index in [-0.39, 0.29) is 11.5 Å². The molecule has 0 N–H and O–H groups in total. The second-order valence-electron chi connectivity index (χ2n) is 4.41. The van der Waals surface area contributed by atoms with Crippen LogP contribution in [-0.4, -0.2) is 17.9 Å². The first-order chi connectivity index (χ1) is 9.47. The topological polar surface area (TPSA) is 20.3 Å². The van der Waals surface area contributed by atoms with Crippen LogP contribution in [0.1, 0.15) is 15.9 Å². The molecule has 0 saturated carbocycles. The van der Waals surface area contributed by atoms with Crippen LogP contribution in [0.4, 0.5) is 4.39 Å². The minimum absolute atomic E-state index is 0.0517. The lowest BCUT2D eigenvalue weighted by atomic mass is 10.1. The molecule has 0 aliphatic rings. The molecule has 1 amide bonds. The normalized spacial score (nSPS) is 10.4. The van der Waals surface area contributed by atoms with Gasteiger partial charge in [0.25, 0.3) is 5.91 Å². The van der Waals surface area contributed by atoms with Gasteiger partial charge >= 0.3 is 0 Å². The molecule has 0 fully saturated rings. The van der Waals surface area contributed by atoms with E-state index >= 15 is 0 Å². The largest absolute Gasteiger partial charge is 0.337 e. The highest BCUT2D eigenvalue weighted by Gasteiger charge is 2.16. The van der Waals surface area contributed by atoms with Gasteiger partial charge in [0, 0.05) is 23.1 Å². The summed E-state index contributed by atoms with van der Waals surface area (Å²) >= 11 is 9.05. The van der Waals surface area contributed by atoms with Crippen molar-refractivity contribution < 1.29 is 9.18 Å². The highest BCUT2D eigenvalue weighted by Crippen LogP contribution is 2.18. The lowest BCUT2D eigenvalue weighted by molar-refractivity contribution is 0.0780. The van der Waals surface area contributed by atoms with Crippen molar-refractivity contribution in [2.24, 2.45) is 0 Å². The standard InChI is InChI=1S/C15H12BrClFNO/c1-19(9-10-2-5-12(17)6-3-10)15(20)13-8-11(16)4-7-14(13)18/h2-8H,9H2,1H3. The predicted molar refractivity (Wildman–Crippen MR) is 81.3 cm³/mol. The summed E-state index contributed by atoms with van der Waals surface area (Å²) in [7, 11) is 1.64. The molecule has 2 aromatic carbocycles. The Balaban J connectivity index is 2.16. The summed E-state index contributed by atoms with van der Waals surface area (Å²) < 4.78 is 14.4. The van der Waals surface area contributed by atoms with E-state index < -0.39 is 5.82 Å². The summed E-state index contributed by atoms with van der Waals surface area (Å²) in [6.45, 7) is 0.391. The number of carbonyl (C=O) groups excluding carboxylic acids is 1. The number of amides is 1. The molecule has 0 atom stereocenters. The van der Waals surface area contributed by atoms with E-state index in [9.17, 15) is 9.18 Å². The van der Waals surface area contributed by atoms with E-state index in [1.54, 1.807) is 25.2 Å². The van der Waals surface area contributed by atoms with Gasteiger partial charge in [0.2, 0.25) is 0 Å². The van der Waals surface area contributed by atoms with Gasteiger partial charge < -0.3 is 4.90 Å². The number of hydrogen-bond donors (Lipinski definition) is 0. The molecule has 2 aromatic rings. The molecule has 104 valence electrons. The number of carbonyl (C=O) groups is 1. The van der Waals surface area contributed by atoms with Crippen LogP contribution in [0.25, 0.3) is 0 Å². The second-order valence-corrected chi connectivity index (χ2v) is 5.76. The first-order valence-corrected chi connectivity index (χ1v) is 7.09. The molecule has 2 nitrogen and oxygen atoms in total. The fourth-order valence-corrected chi connectivity index (χ4v) is 2.29. The van der Waals surface area contributed by atoms with Gasteiger partial charge in [-0.3, -0.25) is 4.79 Å². The Hall–Kier alpha value is -1.39. The number of benzene rings is 2. The molecule has 0 aromatic heterocycles. The van der Waals surface area contributed by atoms with E-state index in [1.807, 2.05) is 12.1 Å². The lowest BCUT2D eigenvalue weighted by Crippen LogP contribution is -2.27. The minimum Gasteiger partial charge on any atom is -0.337 e. The summed E-state index contributed by atoms with van der Waals surface area (Å²) in [5.74, 6) is -0.889. The van der Waals surface area contributed by atoms with Gasteiger partial charge in [-0.05, 0) is 35.9 Å². The molecule has 0 radical (unpaired) electrons. The molecule has 0 heterocycles. The Labute approximate surface area is 130 Å². The van der Waals surface area contributed by atoms with Gasteiger partial charge in [-0.25, -0.2) is 4.39 Å². The highest BCUT2D eigenvalue weighted by molar-refractivity contribution is 9.10. The Bertz CT molecular complexity index is 630. The number of rotatable bonds is 3. The van der Waals surface area contributed by atoms with Crippen LogP contribution in [0.2, 0.25) is 5.02 Å². The van der Waals surface area contributed by atoms with E-state index in [0.29, 0.717) is 16.0 Å². The summed E-state index contributed by atoms with van der Waals surface area (Å²) in [5.41, 5.74) is 0.983. The molecule has 2 rings (SSSR count). The van der Waals surface area contributed by atoms with E-state index in [2.05, 4.69) is 15.9 Å². The Kier molecular flexibility index (Phi) is 4.78. The summed E-state index contributed by atoms with van der Waals surface area (Å²) in [4.78, 5) is 13.7. The van der Waals surface area contributed by atoms with Crippen LogP contribution >= 0.6 is 27.5 Å². The Morgan fingerprint density at radius 3 is 2.55 bits per heavy atom. The molecular formula is C15H12BrClFNO. The fourth-order valence-electron chi connectivity index (χ4n) is 1.80. The molecule has 0 bridgehead atoms. The zero-order valence-corrected chi connectivity index (χ0v) is 13.1. The van der Waals surface area contributed by atoms with Crippen molar-refractivity contribution in [2.75, 3.05) is 7.05 Å². The van der Waals surface area contributed by atoms with E-state index in [1.165, 1.54) is 17.0 Å². The highest BCUT2D eigenvalue weighted by atomic mass is 79.9. The van der Waals surface area contributed by atoms with Crippen LogP contribution in [0, 0.1) is 5.82 Å². The van der Waals surface area contributed by atoms with Crippen LogP contribution in [0.15, 0.2) is 46.9 Å². The quantitative estimate of drug-likeness (QED) is 0.792. The predicted octanol–water partition coefficient (Wildman–Crippen LogP) is 4.51. The molecule has 5 heteroatoms. The molecule has 0 saturated heterocycles. The summed E-state index contributed by atoms with van der Waals surface area (Å²) in [6, 6.07) is 11.5. The van der Waals surface area contributed by atoms with E-state index in [4.69, 9.17) is 11.6 Å². The number of hydrogen-bond acceptors (Lipinski definition) is 1. The van der Waals surface area contributed by atoms with Crippen LogP contribution in [-0.2, 0) is 6.54 Å². The first-order valence-electron chi connectivity index (χ1n) is 5.92. The number of nitrogens with zero attached hydrogens (tertiary/aromatic N) is 1. The molecule has 20 heavy (non-hydrogen) atoms. The van der Waals surface area contributed by atoms with Gasteiger partial charge in [-0.2, -0.15) is 0 Å². The first kappa shape index (κ1) is 15.0. The average Bonchev–Trinajstić information content (AvgIpc) is 2.43. The van der Waals surface area contributed by atoms with Crippen molar-refractivity contribution in [1.82, 2.24) is 4.90 Å². The fraction of sp³-hybridized carbons (Fsp3) is 0.133. The maximum atomic E-state index is 13.7. The lowest BCUT2D eigenvalue weighted by Gasteiger charge is -2.18. The van der Waals surface area contributed by atoms with Crippen molar-refractivity contribution >= 4 is 33.4 Å². The van der Waals surface area contributed by atoms with Crippen molar-refractivity contribution in [1.29, 1.82) is 0 Å². The van der Waals surface area contributed by atoms with Crippen molar-refractivity contribution in [3.05, 3.63) is 68.9 Å². The number of halogens is 3. The second kappa shape index (κ2) is 6.37. The maximum absolute atomic E-state index is 13.7. The van der Waals surface area contributed by atoms with Gasteiger partial charge in [0.15, 0.2) is 0 Å². The maximum Gasteiger partial charge on any atom is 0.256 e. The molecule has 0 spiro atoms. The monoisotopic (exact) mass is 355 g/mol. The van der Waals surface area contributed by atoms with Crippen molar-refractivity contribution in [3.63, 3.8) is 0 Å². The third-order valence-electron chi connectivity index (χ3n) is 2.84. The smallest absolute Gasteiger partial charge is 0.256 e. The van der Waals surface area contributed by atoms with Gasteiger partial charge in [0.1, 0.15) is 5.82 Å². The zero-order chi connectivity index (χ0) is 14.7. The van der Waals surface area contributed by atoms with Crippen LogP contribution < -0.4 is 0 Å². The van der Waals surface area contributed by atoms with Crippen LogP contribution in [0.5, 0.6) is 0 Å². The van der Waals surface area contributed by atoms with Crippen molar-refractivity contribution in [2.45, 2.75) is 6.54 Å². The molecule has 0 unspecified atom stereocenters. The third-order valence-corrected chi connectivity index (χ3v) is 3.58. The van der Waals surface area contributed by atoms with E-state index in [0.717, 1.165) is 5.56 Å². The zero-order valence-electron chi connectivity index (χ0n) is 10.7. The third kappa shape index (κ3) is 3.58.